The van der Waals surface area contributed by atoms with Crippen LogP contribution in [0.1, 0.15) is 26.6 Å². The molecule has 1 heterocycles. The van der Waals surface area contributed by atoms with Crippen molar-refractivity contribution in [3.63, 3.8) is 0 Å². The van der Waals surface area contributed by atoms with Crippen LogP contribution in [0.2, 0.25) is 5.02 Å². The molecule has 0 radical (unpaired) electrons. The lowest BCUT2D eigenvalue weighted by Crippen LogP contribution is -2.33. The molecule has 10 heteroatoms. The zero-order valence-corrected chi connectivity index (χ0v) is 17.7. The number of sulfonamides is 1. The van der Waals surface area contributed by atoms with Crippen LogP contribution in [0.4, 0.5) is 0 Å². The van der Waals surface area contributed by atoms with E-state index in [9.17, 15) is 8.42 Å². The Kier molecular flexibility index (Phi) is 8.04. The Morgan fingerprint density at radius 2 is 1.96 bits per heavy atom. The highest BCUT2D eigenvalue weighted by Crippen LogP contribution is 2.30. The fourth-order valence-electron chi connectivity index (χ4n) is 2.09. The highest BCUT2D eigenvalue weighted by Gasteiger charge is 2.25. The SMILES string of the molecule is CNC(C)Cc1noc(-c2cc(S(=O)(=O)N(C)C(C)C)ccc2Cl)n1.Cl. The van der Waals surface area contributed by atoms with Crippen molar-refractivity contribution in [2.24, 2.45) is 0 Å². The summed E-state index contributed by atoms with van der Waals surface area (Å²) < 4.78 is 31.9. The second kappa shape index (κ2) is 9.14. The maximum atomic E-state index is 12.7. The highest BCUT2D eigenvalue weighted by molar-refractivity contribution is 7.89. The van der Waals surface area contributed by atoms with Crippen LogP contribution in [-0.2, 0) is 16.4 Å². The predicted molar refractivity (Wildman–Crippen MR) is 104 cm³/mol. The van der Waals surface area contributed by atoms with Gasteiger partial charge in [-0.15, -0.1) is 12.4 Å². The van der Waals surface area contributed by atoms with Gasteiger partial charge in [0, 0.05) is 25.6 Å². The summed E-state index contributed by atoms with van der Waals surface area (Å²) in [6.07, 6.45) is 0.589. The van der Waals surface area contributed by atoms with Gasteiger partial charge in [-0.1, -0.05) is 16.8 Å². The molecule has 1 atom stereocenters. The first kappa shape index (κ1) is 22.9. The Hall–Kier alpha value is -1.19. The topological polar surface area (TPSA) is 88.3 Å². The molecule has 0 fully saturated rings. The number of nitrogens with one attached hydrogen (secondary N) is 1. The van der Waals surface area contributed by atoms with Crippen LogP contribution in [0.15, 0.2) is 27.6 Å². The number of hydrogen-bond acceptors (Lipinski definition) is 6. The van der Waals surface area contributed by atoms with Crippen molar-refractivity contribution >= 4 is 34.0 Å². The van der Waals surface area contributed by atoms with E-state index >= 15 is 0 Å². The monoisotopic (exact) mass is 422 g/mol. The van der Waals surface area contributed by atoms with E-state index in [0.29, 0.717) is 22.8 Å². The molecule has 0 amide bonds. The molecule has 0 bridgehead atoms. The lowest BCUT2D eigenvalue weighted by Gasteiger charge is -2.21. The molecular formula is C16H24Cl2N4O3S. The van der Waals surface area contributed by atoms with E-state index in [1.807, 2.05) is 27.8 Å². The van der Waals surface area contributed by atoms with Gasteiger partial charge in [-0.25, -0.2) is 8.42 Å². The lowest BCUT2D eigenvalue weighted by molar-refractivity contribution is 0.410. The van der Waals surface area contributed by atoms with Crippen LogP contribution in [0.25, 0.3) is 11.5 Å². The van der Waals surface area contributed by atoms with E-state index in [4.69, 9.17) is 16.1 Å². The minimum absolute atomic E-state index is 0. The molecule has 26 heavy (non-hydrogen) atoms. The molecule has 0 aliphatic carbocycles. The molecule has 0 spiro atoms. The van der Waals surface area contributed by atoms with E-state index in [1.165, 1.54) is 29.6 Å². The van der Waals surface area contributed by atoms with Crippen LogP contribution >= 0.6 is 24.0 Å². The molecule has 0 aliphatic heterocycles. The van der Waals surface area contributed by atoms with Gasteiger partial charge >= 0.3 is 0 Å². The Morgan fingerprint density at radius 1 is 1.31 bits per heavy atom. The third-order valence-corrected chi connectivity index (χ3v) is 6.38. The molecule has 0 saturated heterocycles. The predicted octanol–water partition coefficient (Wildman–Crippen LogP) is 2.99. The fraction of sp³-hybridized carbons (Fsp3) is 0.500. The van der Waals surface area contributed by atoms with E-state index in [0.717, 1.165) is 0 Å². The Bertz CT molecular complexity index is 840. The van der Waals surface area contributed by atoms with E-state index < -0.39 is 10.0 Å². The molecule has 2 aromatic rings. The van der Waals surface area contributed by atoms with Gasteiger partial charge in [0.25, 0.3) is 5.89 Å². The van der Waals surface area contributed by atoms with Gasteiger partial charge < -0.3 is 9.84 Å². The maximum Gasteiger partial charge on any atom is 0.259 e. The van der Waals surface area contributed by atoms with Gasteiger partial charge in [0.1, 0.15) is 0 Å². The van der Waals surface area contributed by atoms with Gasteiger partial charge in [-0.2, -0.15) is 9.29 Å². The number of nitrogens with zero attached hydrogens (tertiary/aromatic N) is 3. The van der Waals surface area contributed by atoms with Crippen molar-refractivity contribution < 1.29 is 12.9 Å². The van der Waals surface area contributed by atoms with Crippen LogP contribution in [0.3, 0.4) is 0 Å². The quantitative estimate of drug-likeness (QED) is 0.737. The second-order valence-electron chi connectivity index (χ2n) is 6.17. The van der Waals surface area contributed by atoms with Crippen molar-refractivity contribution in [3.05, 3.63) is 29.0 Å². The standard InChI is InChI=1S/C16H23ClN4O3S.ClH/c1-10(2)21(5)25(22,23)12-6-7-14(17)13(9-12)16-19-15(20-24-16)8-11(3)18-4;/h6-7,9-11,18H,8H2,1-5H3;1H. The lowest BCUT2D eigenvalue weighted by atomic mass is 10.2. The molecule has 146 valence electrons. The van der Waals surface area contributed by atoms with Crippen LogP contribution < -0.4 is 5.32 Å². The van der Waals surface area contributed by atoms with Crippen LogP contribution in [0, 0.1) is 0 Å². The average molecular weight is 423 g/mol. The minimum atomic E-state index is -3.63. The summed E-state index contributed by atoms with van der Waals surface area (Å²) in [7, 11) is -0.238. The third-order valence-electron chi connectivity index (χ3n) is 4.02. The summed E-state index contributed by atoms with van der Waals surface area (Å²) in [5, 5.41) is 7.38. The fourth-order valence-corrected chi connectivity index (χ4v) is 3.69. The van der Waals surface area contributed by atoms with Crippen molar-refractivity contribution in [2.45, 2.75) is 44.2 Å². The first-order chi connectivity index (χ1) is 11.7. The number of hydrogen-bond donors (Lipinski definition) is 1. The summed E-state index contributed by atoms with van der Waals surface area (Å²) >= 11 is 6.22. The number of aromatic nitrogens is 2. The van der Waals surface area contributed by atoms with Crippen molar-refractivity contribution in [1.82, 2.24) is 19.8 Å². The second-order valence-corrected chi connectivity index (χ2v) is 8.57. The normalized spacial score (nSPS) is 13.1. The first-order valence-corrected chi connectivity index (χ1v) is 9.76. The minimum Gasteiger partial charge on any atom is -0.334 e. The number of benzene rings is 1. The summed E-state index contributed by atoms with van der Waals surface area (Å²) in [5.74, 6) is 0.730. The van der Waals surface area contributed by atoms with Crippen molar-refractivity contribution in [1.29, 1.82) is 0 Å². The maximum absolute atomic E-state index is 12.7. The van der Waals surface area contributed by atoms with E-state index in [1.54, 1.807) is 0 Å². The molecule has 2 rings (SSSR count). The Morgan fingerprint density at radius 3 is 2.54 bits per heavy atom. The highest BCUT2D eigenvalue weighted by atomic mass is 35.5. The van der Waals surface area contributed by atoms with E-state index in [2.05, 4.69) is 15.5 Å². The third kappa shape index (κ3) is 4.95. The summed E-state index contributed by atoms with van der Waals surface area (Å²) in [5.41, 5.74) is 0.399. The zero-order valence-electron chi connectivity index (χ0n) is 15.4. The summed E-state index contributed by atoms with van der Waals surface area (Å²) in [4.78, 5) is 4.45. The number of likely N-dealkylation sites (N-methyl/N-ethyl adjacent to an activating group) is 1. The Labute approximate surface area is 165 Å². The largest absolute Gasteiger partial charge is 0.334 e. The first-order valence-electron chi connectivity index (χ1n) is 7.94. The van der Waals surface area contributed by atoms with Gasteiger partial charge in [0.2, 0.25) is 10.0 Å². The zero-order chi connectivity index (χ0) is 18.8. The molecule has 1 aromatic heterocycles. The summed E-state index contributed by atoms with van der Waals surface area (Å²) in [6.45, 7) is 5.61. The molecule has 1 N–H and O–H groups in total. The van der Waals surface area contributed by atoms with Crippen LogP contribution in [-0.4, -0.2) is 49.0 Å². The Balaban J connectivity index is 0.00000338. The van der Waals surface area contributed by atoms with Crippen molar-refractivity contribution in [3.8, 4) is 11.5 Å². The number of halogens is 2. The van der Waals surface area contributed by atoms with Gasteiger partial charge in [-0.05, 0) is 46.0 Å². The molecule has 1 unspecified atom stereocenters. The molecule has 0 aliphatic rings. The smallest absolute Gasteiger partial charge is 0.259 e. The molecule has 0 saturated carbocycles. The summed E-state index contributed by atoms with van der Waals surface area (Å²) in [6, 6.07) is 4.49. The number of rotatable bonds is 7. The van der Waals surface area contributed by atoms with Gasteiger partial charge in [-0.3, -0.25) is 0 Å². The van der Waals surface area contributed by atoms with Crippen LogP contribution in [0.5, 0.6) is 0 Å². The van der Waals surface area contributed by atoms with Crippen molar-refractivity contribution in [2.75, 3.05) is 14.1 Å². The van der Waals surface area contributed by atoms with Gasteiger partial charge in [0.05, 0.1) is 15.5 Å². The molecule has 7 nitrogen and oxygen atoms in total. The average Bonchev–Trinajstić information content (AvgIpc) is 3.02. The molecular weight excluding hydrogens is 399 g/mol. The van der Waals surface area contributed by atoms with E-state index in [-0.39, 0.29) is 35.3 Å². The van der Waals surface area contributed by atoms with Gasteiger partial charge in [0.15, 0.2) is 5.82 Å². The molecule has 1 aromatic carbocycles.